The third kappa shape index (κ3) is 3.77. The third-order valence-electron chi connectivity index (χ3n) is 4.39. The molecular weight excluding hydrogens is 359 g/mol. The minimum Gasteiger partial charge on any atom is -0.461 e. The molecule has 2 heterocycles. The molecule has 9 heteroatoms. The van der Waals surface area contributed by atoms with Crippen LogP contribution in [0.2, 0.25) is 0 Å². The predicted molar refractivity (Wildman–Crippen MR) is 85.8 cm³/mol. The fourth-order valence-electron chi connectivity index (χ4n) is 3.03. The van der Waals surface area contributed by atoms with Crippen molar-refractivity contribution in [2.24, 2.45) is 0 Å². The topological polar surface area (TPSA) is 59.8 Å². The minimum atomic E-state index is -5.72. The summed E-state index contributed by atoms with van der Waals surface area (Å²) < 4.78 is 69.9. The molecule has 0 unspecified atom stereocenters. The second kappa shape index (κ2) is 6.53. The smallest absolute Gasteiger partial charge is 0.461 e. The lowest BCUT2D eigenvalue weighted by Gasteiger charge is -2.19. The van der Waals surface area contributed by atoms with E-state index in [9.17, 15) is 21.6 Å². The van der Waals surface area contributed by atoms with Crippen LogP contribution in [0.1, 0.15) is 25.5 Å². The van der Waals surface area contributed by atoms with Crippen molar-refractivity contribution in [3.8, 4) is 5.75 Å². The van der Waals surface area contributed by atoms with Crippen molar-refractivity contribution in [1.82, 2.24) is 4.90 Å². The Morgan fingerprint density at radius 3 is 2.76 bits per heavy atom. The molecule has 3 rings (SSSR count). The Morgan fingerprint density at radius 1 is 1.36 bits per heavy atom. The fraction of sp³-hybridized carbons (Fsp3) is 0.500. The largest absolute Gasteiger partial charge is 0.534 e. The van der Waals surface area contributed by atoms with E-state index < -0.39 is 15.6 Å². The van der Waals surface area contributed by atoms with Gasteiger partial charge in [-0.3, -0.25) is 0 Å². The van der Waals surface area contributed by atoms with E-state index in [2.05, 4.69) is 16.0 Å². The standard InChI is InChI=1S/C16H18F3NO4S/c1-11-4-3-8-20(11)9-7-12-10-13-14(23-12)5-2-6-15(13)24-25(21,22)16(17,18)19/h2,5-6,10-11H,3-4,7-9H2,1H3/t11-/m1/s1. The molecule has 1 saturated heterocycles. The first-order valence-electron chi connectivity index (χ1n) is 7.93. The van der Waals surface area contributed by atoms with E-state index in [1.165, 1.54) is 18.2 Å². The van der Waals surface area contributed by atoms with Gasteiger partial charge in [-0.1, -0.05) is 6.07 Å². The number of alkyl halides is 3. The van der Waals surface area contributed by atoms with Crippen molar-refractivity contribution in [1.29, 1.82) is 0 Å². The molecule has 1 aliphatic heterocycles. The molecule has 1 atom stereocenters. The Bertz CT molecular complexity index is 860. The van der Waals surface area contributed by atoms with Gasteiger partial charge in [-0.2, -0.15) is 21.6 Å². The average molecular weight is 377 g/mol. The Hall–Kier alpha value is -1.74. The van der Waals surface area contributed by atoms with E-state index in [1.807, 2.05) is 0 Å². The number of halogens is 3. The van der Waals surface area contributed by atoms with Crippen LogP contribution in [0.3, 0.4) is 0 Å². The van der Waals surface area contributed by atoms with Crippen molar-refractivity contribution in [3.05, 3.63) is 30.0 Å². The maximum Gasteiger partial charge on any atom is 0.534 e. The molecule has 1 aliphatic rings. The van der Waals surface area contributed by atoms with Gasteiger partial charge in [0.15, 0.2) is 5.75 Å². The molecule has 1 aromatic carbocycles. The summed E-state index contributed by atoms with van der Waals surface area (Å²) in [5.41, 5.74) is -5.19. The molecule has 5 nitrogen and oxygen atoms in total. The summed E-state index contributed by atoms with van der Waals surface area (Å²) in [4.78, 5) is 2.32. The zero-order valence-corrected chi connectivity index (χ0v) is 14.4. The summed E-state index contributed by atoms with van der Waals surface area (Å²) in [6.45, 7) is 3.94. The molecule has 138 valence electrons. The van der Waals surface area contributed by atoms with Crippen LogP contribution in [0, 0.1) is 0 Å². The van der Waals surface area contributed by atoms with E-state index in [4.69, 9.17) is 4.42 Å². The van der Waals surface area contributed by atoms with Crippen LogP contribution in [0.15, 0.2) is 28.7 Å². The summed E-state index contributed by atoms with van der Waals surface area (Å²) in [6.07, 6.45) is 2.88. The van der Waals surface area contributed by atoms with Crippen LogP contribution in [0.5, 0.6) is 5.75 Å². The van der Waals surface area contributed by atoms with Crippen LogP contribution in [-0.2, 0) is 16.5 Å². The number of likely N-dealkylation sites (tertiary alicyclic amines) is 1. The highest BCUT2D eigenvalue weighted by atomic mass is 32.2. The van der Waals surface area contributed by atoms with Gasteiger partial charge in [0, 0.05) is 19.0 Å². The molecule has 0 radical (unpaired) electrons. The van der Waals surface area contributed by atoms with Gasteiger partial charge in [0.2, 0.25) is 0 Å². The zero-order chi connectivity index (χ0) is 18.2. The minimum absolute atomic E-state index is 0.208. The van der Waals surface area contributed by atoms with Crippen molar-refractivity contribution in [3.63, 3.8) is 0 Å². The summed E-state index contributed by atoms with van der Waals surface area (Å²) in [5.74, 6) is 0.189. The van der Waals surface area contributed by atoms with Crippen molar-refractivity contribution < 1.29 is 30.2 Å². The predicted octanol–water partition coefficient (Wildman–Crippen LogP) is 3.69. The van der Waals surface area contributed by atoms with E-state index in [0.29, 0.717) is 23.8 Å². The molecule has 1 fully saturated rings. The van der Waals surface area contributed by atoms with Gasteiger partial charge >= 0.3 is 15.6 Å². The Labute approximate surface area is 143 Å². The van der Waals surface area contributed by atoms with Gasteiger partial charge in [0.25, 0.3) is 0 Å². The number of nitrogens with zero attached hydrogens (tertiary/aromatic N) is 1. The highest BCUT2D eigenvalue weighted by molar-refractivity contribution is 7.88. The molecule has 0 saturated carbocycles. The lowest BCUT2D eigenvalue weighted by Crippen LogP contribution is -2.28. The maximum atomic E-state index is 12.5. The number of hydrogen-bond donors (Lipinski definition) is 0. The van der Waals surface area contributed by atoms with Crippen LogP contribution in [0.25, 0.3) is 11.0 Å². The summed E-state index contributed by atoms with van der Waals surface area (Å²) in [7, 11) is -5.72. The van der Waals surface area contributed by atoms with E-state index in [1.54, 1.807) is 6.07 Å². The second-order valence-corrected chi connectivity index (χ2v) is 7.68. The normalized spacial score (nSPS) is 19.6. The number of furan rings is 1. The van der Waals surface area contributed by atoms with Gasteiger partial charge in [0.1, 0.15) is 11.3 Å². The SMILES string of the molecule is C[C@@H]1CCCN1CCc1cc2c(OS(=O)(=O)C(F)(F)F)cccc2o1. The summed E-state index contributed by atoms with van der Waals surface area (Å²) >= 11 is 0. The van der Waals surface area contributed by atoms with Gasteiger partial charge in [-0.25, -0.2) is 0 Å². The van der Waals surface area contributed by atoms with Gasteiger partial charge in [0.05, 0.1) is 5.39 Å². The third-order valence-corrected chi connectivity index (χ3v) is 5.36. The van der Waals surface area contributed by atoms with Crippen molar-refractivity contribution >= 4 is 21.1 Å². The van der Waals surface area contributed by atoms with Crippen LogP contribution in [0.4, 0.5) is 13.2 Å². The highest BCUT2D eigenvalue weighted by Gasteiger charge is 2.48. The monoisotopic (exact) mass is 377 g/mol. The molecular formula is C16H18F3NO4S. The van der Waals surface area contributed by atoms with Gasteiger partial charge < -0.3 is 13.5 Å². The lowest BCUT2D eigenvalue weighted by atomic mass is 10.2. The first-order valence-corrected chi connectivity index (χ1v) is 9.34. The van der Waals surface area contributed by atoms with E-state index >= 15 is 0 Å². The quantitative estimate of drug-likeness (QED) is 0.588. The zero-order valence-electron chi connectivity index (χ0n) is 13.5. The fourth-order valence-corrected chi connectivity index (χ4v) is 3.50. The second-order valence-electron chi connectivity index (χ2n) is 6.14. The van der Waals surface area contributed by atoms with Crippen LogP contribution in [-0.4, -0.2) is 38.0 Å². The molecule has 0 N–H and O–H groups in total. The van der Waals surface area contributed by atoms with Crippen LogP contribution >= 0.6 is 0 Å². The first kappa shape index (κ1) is 18.1. The molecule has 0 bridgehead atoms. The number of rotatable bonds is 5. The van der Waals surface area contributed by atoms with Gasteiger partial charge in [-0.15, -0.1) is 0 Å². The summed E-state index contributed by atoms with van der Waals surface area (Å²) in [5, 5.41) is 0.208. The van der Waals surface area contributed by atoms with Crippen molar-refractivity contribution in [2.75, 3.05) is 13.1 Å². The number of fused-ring (bicyclic) bond motifs is 1. The molecule has 0 aliphatic carbocycles. The number of hydrogen-bond acceptors (Lipinski definition) is 5. The molecule has 0 amide bonds. The van der Waals surface area contributed by atoms with E-state index in [-0.39, 0.29) is 11.1 Å². The molecule has 1 aromatic heterocycles. The molecule has 25 heavy (non-hydrogen) atoms. The van der Waals surface area contributed by atoms with E-state index in [0.717, 1.165) is 25.9 Å². The molecule has 0 spiro atoms. The Balaban J connectivity index is 1.81. The Morgan fingerprint density at radius 2 is 2.12 bits per heavy atom. The average Bonchev–Trinajstić information content (AvgIpc) is 3.10. The summed E-state index contributed by atoms with van der Waals surface area (Å²) in [6, 6.07) is 6.16. The number of benzene rings is 1. The lowest BCUT2D eigenvalue weighted by molar-refractivity contribution is -0.0499. The van der Waals surface area contributed by atoms with Gasteiger partial charge in [-0.05, 0) is 44.5 Å². The molecule has 2 aromatic rings. The van der Waals surface area contributed by atoms with Crippen molar-refractivity contribution in [2.45, 2.75) is 37.7 Å². The highest BCUT2D eigenvalue weighted by Crippen LogP contribution is 2.33. The van der Waals surface area contributed by atoms with Crippen LogP contribution < -0.4 is 4.18 Å². The first-order chi connectivity index (χ1) is 11.7. The Kier molecular flexibility index (Phi) is 4.72. The maximum absolute atomic E-state index is 12.5.